The summed E-state index contributed by atoms with van der Waals surface area (Å²) in [6.07, 6.45) is 4.22. The Bertz CT molecular complexity index is 676. The van der Waals surface area contributed by atoms with Crippen LogP contribution in [0.5, 0.6) is 5.75 Å². The van der Waals surface area contributed by atoms with Crippen molar-refractivity contribution in [3.63, 3.8) is 0 Å². The topological polar surface area (TPSA) is 45.2 Å². The van der Waals surface area contributed by atoms with Gasteiger partial charge in [-0.2, -0.15) is 0 Å². The number of nitrogens with zero attached hydrogens (tertiary/aromatic N) is 1. The zero-order valence-electron chi connectivity index (χ0n) is 13.1. The van der Waals surface area contributed by atoms with Crippen molar-refractivity contribution in [1.29, 1.82) is 0 Å². The lowest BCUT2D eigenvalue weighted by molar-refractivity contribution is 0.464. The molecule has 2 N–H and O–H groups in total. The Morgan fingerprint density at radius 3 is 2.52 bits per heavy atom. The van der Waals surface area contributed by atoms with Crippen LogP contribution in [0.15, 0.2) is 36.7 Å². The quantitative estimate of drug-likeness (QED) is 0.637. The molecule has 0 spiro atoms. The molecule has 2 aromatic rings. The van der Waals surface area contributed by atoms with Gasteiger partial charge in [0.1, 0.15) is 5.75 Å². The molecule has 1 aromatic carbocycles. The second kappa shape index (κ2) is 6.00. The number of aromatic hydroxyl groups is 1. The van der Waals surface area contributed by atoms with Gasteiger partial charge in [0.15, 0.2) is 0 Å². The first-order chi connectivity index (χ1) is 9.91. The Morgan fingerprint density at radius 1 is 1.24 bits per heavy atom. The van der Waals surface area contributed by atoms with E-state index in [4.69, 9.17) is 0 Å². The van der Waals surface area contributed by atoms with E-state index < -0.39 is 0 Å². The summed E-state index contributed by atoms with van der Waals surface area (Å²) in [5.41, 5.74) is 6.97. The third-order valence-electron chi connectivity index (χ3n) is 3.82. The minimum absolute atomic E-state index is 0.379. The molecule has 0 radical (unpaired) electrons. The van der Waals surface area contributed by atoms with Crippen LogP contribution in [0.2, 0.25) is 0 Å². The summed E-state index contributed by atoms with van der Waals surface area (Å²) >= 11 is 0. The SMILES string of the molecule is C=C(C)Cc1c(C)c(Nc2cccnc2)c(C)c(C)c1O. The molecule has 0 saturated carbocycles. The van der Waals surface area contributed by atoms with Crippen LogP contribution in [0.25, 0.3) is 0 Å². The van der Waals surface area contributed by atoms with E-state index in [1.807, 2.05) is 39.8 Å². The Balaban J connectivity index is 2.55. The molecule has 3 nitrogen and oxygen atoms in total. The van der Waals surface area contributed by atoms with Gasteiger partial charge in [-0.3, -0.25) is 4.98 Å². The van der Waals surface area contributed by atoms with Crippen LogP contribution in [-0.2, 0) is 6.42 Å². The standard InChI is InChI=1S/C18H22N2O/c1-11(2)9-16-14(5)17(12(3)13(4)18(16)21)20-15-7-6-8-19-10-15/h6-8,10,20-21H,1,9H2,2-5H3. The normalized spacial score (nSPS) is 10.5. The number of aromatic nitrogens is 1. The summed E-state index contributed by atoms with van der Waals surface area (Å²) in [5, 5.41) is 13.8. The first-order valence-corrected chi connectivity index (χ1v) is 7.04. The van der Waals surface area contributed by atoms with Crippen molar-refractivity contribution < 1.29 is 5.11 Å². The summed E-state index contributed by atoms with van der Waals surface area (Å²) < 4.78 is 0. The molecular formula is C18H22N2O. The van der Waals surface area contributed by atoms with E-state index >= 15 is 0 Å². The molecule has 0 aliphatic carbocycles. The maximum absolute atomic E-state index is 10.4. The van der Waals surface area contributed by atoms with Gasteiger partial charge >= 0.3 is 0 Å². The molecule has 0 atom stereocenters. The number of pyridine rings is 1. The molecule has 2 rings (SSSR count). The number of benzene rings is 1. The van der Waals surface area contributed by atoms with E-state index in [-0.39, 0.29) is 0 Å². The fourth-order valence-electron chi connectivity index (χ4n) is 2.49. The van der Waals surface area contributed by atoms with E-state index in [1.54, 1.807) is 12.4 Å². The molecule has 1 aromatic heterocycles. The predicted octanol–water partition coefficient (Wildman–Crippen LogP) is 4.57. The third-order valence-corrected chi connectivity index (χ3v) is 3.82. The Labute approximate surface area is 126 Å². The van der Waals surface area contributed by atoms with Crippen LogP contribution in [0.1, 0.15) is 29.2 Å². The van der Waals surface area contributed by atoms with Crippen molar-refractivity contribution in [3.05, 3.63) is 58.9 Å². The smallest absolute Gasteiger partial charge is 0.122 e. The lowest BCUT2D eigenvalue weighted by atomic mass is 9.92. The third kappa shape index (κ3) is 3.07. The van der Waals surface area contributed by atoms with Gasteiger partial charge in [-0.15, -0.1) is 0 Å². The Morgan fingerprint density at radius 2 is 1.95 bits per heavy atom. The number of allylic oxidation sites excluding steroid dienone is 1. The zero-order valence-corrected chi connectivity index (χ0v) is 13.1. The number of anilines is 2. The van der Waals surface area contributed by atoms with Gasteiger partial charge in [-0.25, -0.2) is 0 Å². The highest BCUT2D eigenvalue weighted by atomic mass is 16.3. The molecule has 0 unspecified atom stereocenters. The van der Waals surface area contributed by atoms with Gasteiger partial charge in [-0.1, -0.05) is 12.2 Å². The second-order valence-electron chi connectivity index (χ2n) is 5.58. The molecule has 0 saturated heterocycles. The molecular weight excluding hydrogens is 260 g/mol. The van der Waals surface area contributed by atoms with Crippen LogP contribution in [0.3, 0.4) is 0 Å². The average Bonchev–Trinajstić information content (AvgIpc) is 2.47. The number of phenolic OH excluding ortho intramolecular Hbond substituents is 1. The van der Waals surface area contributed by atoms with E-state index in [1.165, 1.54) is 0 Å². The van der Waals surface area contributed by atoms with Gasteiger partial charge in [0.25, 0.3) is 0 Å². The minimum atomic E-state index is 0.379. The summed E-state index contributed by atoms with van der Waals surface area (Å²) in [6, 6.07) is 3.88. The van der Waals surface area contributed by atoms with Crippen LogP contribution in [0, 0.1) is 20.8 Å². The van der Waals surface area contributed by atoms with Crippen molar-refractivity contribution in [2.24, 2.45) is 0 Å². The summed E-state index contributed by atoms with van der Waals surface area (Å²) in [5.74, 6) is 0.379. The molecule has 0 fully saturated rings. The second-order valence-corrected chi connectivity index (χ2v) is 5.58. The Kier molecular flexibility index (Phi) is 4.32. The number of nitrogens with one attached hydrogen (secondary N) is 1. The van der Waals surface area contributed by atoms with E-state index in [0.29, 0.717) is 12.2 Å². The molecule has 0 amide bonds. The fraction of sp³-hybridized carbons (Fsp3) is 0.278. The number of phenols is 1. The maximum Gasteiger partial charge on any atom is 0.122 e. The molecule has 1 heterocycles. The molecule has 21 heavy (non-hydrogen) atoms. The minimum Gasteiger partial charge on any atom is -0.507 e. The molecule has 110 valence electrons. The maximum atomic E-state index is 10.4. The van der Waals surface area contributed by atoms with Gasteiger partial charge in [0, 0.05) is 17.4 Å². The monoisotopic (exact) mass is 282 g/mol. The van der Waals surface area contributed by atoms with Crippen LogP contribution in [-0.4, -0.2) is 10.1 Å². The largest absolute Gasteiger partial charge is 0.507 e. The van der Waals surface area contributed by atoms with Crippen LogP contribution >= 0.6 is 0 Å². The van der Waals surface area contributed by atoms with Crippen molar-refractivity contribution in [1.82, 2.24) is 4.98 Å². The lowest BCUT2D eigenvalue weighted by Gasteiger charge is -2.20. The van der Waals surface area contributed by atoms with Crippen LogP contribution < -0.4 is 5.32 Å². The number of hydrogen-bond donors (Lipinski definition) is 2. The molecule has 0 aliphatic rings. The summed E-state index contributed by atoms with van der Waals surface area (Å²) in [7, 11) is 0. The Hall–Kier alpha value is -2.29. The van der Waals surface area contributed by atoms with E-state index in [2.05, 4.69) is 16.9 Å². The van der Waals surface area contributed by atoms with Gasteiger partial charge in [0.2, 0.25) is 0 Å². The van der Waals surface area contributed by atoms with Gasteiger partial charge in [-0.05, 0) is 62.9 Å². The van der Waals surface area contributed by atoms with Crippen molar-refractivity contribution in [2.75, 3.05) is 5.32 Å². The number of hydrogen-bond acceptors (Lipinski definition) is 3. The summed E-state index contributed by atoms with van der Waals surface area (Å²) in [6.45, 7) is 11.9. The first kappa shape index (κ1) is 15.1. The average molecular weight is 282 g/mol. The first-order valence-electron chi connectivity index (χ1n) is 7.04. The van der Waals surface area contributed by atoms with Crippen molar-refractivity contribution in [2.45, 2.75) is 34.1 Å². The van der Waals surface area contributed by atoms with E-state index in [0.717, 1.165) is 39.2 Å². The highest BCUT2D eigenvalue weighted by molar-refractivity contribution is 5.72. The van der Waals surface area contributed by atoms with Crippen LogP contribution in [0.4, 0.5) is 11.4 Å². The van der Waals surface area contributed by atoms with E-state index in [9.17, 15) is 5.11 Å². The predicted molar refractivity (Wildman–Crippen MR) is 88.4 cm³/mol. The number of rotatable bonds is 4. The van der Waals surface area contributed by atoms with Crippen molar-refractivity contribution >= 4 is 11.4 Å². The van der Waals surface area contributed by atoms with Crippen molar-refractivity contribution in [3.8, 4) is 5.75 Å². The molecule has 0 aliphatic heterocycles. The molecule has 3 heteroatoms. The highest BCUT2D eigenvalue weighted by Gasteiger charge is 2.17. The highest BCUT2D eigenvalue weighted by Crippen LogP contribution is 2.37. The lowest BCUT2D eigenvalue weighted by Crippen LogP contribution is -2.03. The summed E-state index contributed by atoms with van der Waals surface area (Å²) in [4.78, 5) is 4.12. The fourth-order valence-corrected chi connectivity index (χ4v) is 2.49. The van der Waals surface area contributed by atoms with Gasteiger partial charge < -0.3 is 10.4 Å². The molecule has 0 bridgehead atoms. The van der Waals surface area contributed by atoms with Gasteiger partial charge in [0.05, 0.1) is 11.9 Å². The zero-order chi connectivity index (χ0) is 15.6.